The van der Waals surface area contributed by atoms with Crippen molar-refractivity contribution in [3.05, 3.63) is 23.5 Å². The van der Waals surface area contributed by atoms with Gasteiger partial charge in [0.2, 0.25) is 0 Å². The van der Waals surface area contributed by atoms with E-state index < -0.39 is 0 Å². The fourth-order valence-corrected chi connectivity index (χ4v) is 1.43. The summed E-state index contributed by atoms with van der Waals surface area (Å²) < 4.78 is 1.83. The molecular formula is C9H13N3. The van der Waals surface area contributed by atoms with Crippen LogP contribution in [-0.2, 0) is 7.05 Å². The zero-order chi connectivity index (χ0) is 8.39. The minimum absolute atomic E-state index is 1.02. The van der Waals surface area contributed by atoms with Crippen LogP contribution in [0.1, 0.15) is 12.1 Å². The van der Waals surface area contributed by atoms with E-state index in [1.807, 2.05) is 24.0 Å². The maximum absolute atomic E-state index is 4.29. The molecule has 0 amide bonds. The lowest BCUT2D eigenvalue weighted by atomic mass is 10.2. The quantitative estimate of drug-likeness (QED) is 0.663. The smallest absolute Gasteiger partial charge is 0.0850 e. The Morgan fingerprint density at radius 2 is 2.58 bits per heavy atom. The number of nitrogens with zero attached hydrogens (tertiary/aromatic N) is 2. The summed E-state index contributed by atoms with van der Waals surface area (Å²) in [5, 5.41) is 7.58. The first-order valence-corrected chi connectivity index (χ1v) is 4.24. The van der Waals surface area contributed by atoms with Gasteiger partial charge in [-0.15, -0.1) is 0 Å². The zero-order valence-electron chi connectivity index (χ0n) is 7.25. The van der Waals surface area contributed by atoms with E-state index in [0.29, 0.717) is 0 Å². The number of aromatic nitrogens is 2. The van der Waals surface area contributed by atoms with Gasteiger partial charge in [0.1, 0.15) is 0 Å². The molecule has 1 aromatic heterocycles. The summed E-state index contributed by atoms with van der Waals surface area (Å²) in [6.45, 7) is 2.13. The molecule has 1 saturated heterocycles. The number of nitrogens with one attached hydrogen (secondary N) is 1. The van der Waals surface area contributed by atoms with Gasteiger partial charge in [-0.3, -0.25) is 4.68 Å². The molecule has 1 N–H and O–H groups in total. The Kier molecular flexibility index (Phi) is 1.96. The van der Waals surface area contributed by atoms with Gasteiger partial charge in [0, 0.05) is 19.8 Å². The first-order chi connectivity index (χ1) is 5.84. The molecule has 0 bridgehead atoms. The van der Waals surface area contributed by atoms with Crippen LogP contribution < -0.4 is 5.32 Å². The Balaban J connectivity index is 2.15. The van der Waals surface area contributed by atoms with Gasteiger partial charge in [-0.05, 0) is 25.1 Å². The van der Waals surface area contributed by atoms with Gasteiger partial charge in [0.15, 0.2) is 0 Å². The highest BCUT2D eigenvalue weighted by Crippen LogP contribution is 2.10. The first-order valence-electron chi connectivity index (χ1n) is 4.24. The van der Waals surface area contributed by atoms with Crippen molar-refractivity contribution in [3.8, 4) is 0 Å². The van der Waals surface area contributed by atoms with Crippen LogP contribution in [0.4, 0.5) is 0 Å². The number of aryl methyl sites for hydroxylation is 1. The van der Waals surface area contributed by atoms with Gasteiger partial charge in [-0.2, -0.15) is 5.10 Å². The molecule has 0 aromatic carbocycles. The third-order valence-electron chi connectivity index (χ3n) is 2.06. The van der Waals surface area contributed by atoms with Crippen molar-refractivity contribution >= 4 is 6.08 Å². The topological polar surface area (TPSA) is 29.9 Å². The molecule has 64 valence electrons. The summed E-state index contributed by atoms with van der Waals surface area (Å²) in [6, 6.07) is 2.03. The molecule has 0 unspecified atom stereocenters. The second kappa shape index (κ2) is 3.11. The average Bonchev–Trinajstić information content (AvgIpc) is 2.63. The van der Waals surface area contributed by atoms with Gasteiger partial charge in [-0.1, -0.05) is 5.57 Å². The molecule has 2 heterocycles. The van der Waals surface area contributed by atoms with Crippen LogP contribution in [0, 0.1) is 0 Å². The molecule has 0 spiro atoms. The van der Waals surface area contributed by atoms with Crippen LogP contribution in [0.25, 0.3) is 6.08 Å². The Bertz CT molecular complexity index is 290. The van der Waals surface area contributed by atoms with Gasteiger partial charge in [0.05, 0.1) is 5.69 Å². The molecule has 1 aromatic rings. The third kappa shape index (κ3) is 1.56. The molecule has 0 aliphatic carbocycles. The van der Waals surface area contributed by atoms with Crippen molar-refractivity contribution in [2.45, 2.75) is 6.42 Å². The minimum atomic E-state index is 1.02. The highest BCUT2D eigenvalue weighted by atomic mass is 15.2. The third-order valence-corrected chi connectivity index (χ3v) is 2.06. The second-order valence-corrected chi connectivity index (χ2v) is 3.14. The van der Waals surface area contributed by atoms with E-state index in [-0.39, 0.29) is 0 Å². The van der Waals surface area contributed by atoms with E-state index in [9.17, 15) is 0 Å². The van der Waals surface area contributed by atoms with Crippen molar-refractivity contribution in [1.29, 1.82) is 0 Å². The number of rotatable bonds is 1. The van der Waals surface area contributed by atoms with Crippen LogP contribution in [0.5, 0.6) is 0 Å². The fourth-order valence-electron chi connectivity index (χ4n) is 1.43. The molecule has 3 nitrogen and oxygen atoms in total. The van der Waals surface area contributed by atoms with Crippen LogP contribution in [0.15, 0.2) is 17.8 Å². The highest BCUT2D eigenvalue weighted by molar-refractivity contribution is 5.49. The van der Waals surface area contributed by atoms with E-state index in [1.165, 1.54) is 5.57 Å². The maximum atomic E-state index is 4.29. The van der Waals surface area contributed by atoms with E-state index >= 15 is 0 Å². The normalized spacial score (nSPS) is 20.6. The number of hydrogen-bond donors (Lipinski definition) is 1. The summed E-state index contributed by atoms with van der Waals surface area (Å²) >= 11 is 0. The standard InChI is InChI=1S/C9H13N3/c1-12-5-3-9(11-12)6-8-2-4-10-7-8/h3,5-6,10H,2,4,7H2,1H3/b8-6-. The molecule has 0 saturated carbocycles. The zero-order valence-corrected chi connectivity index (χ0v) is 7.25. The Labute approximate surface area is 72.1 Å². The van der Waals surface area contributed by atoms with Crippen molar-refractivity contribution in [1.82, 2.24) is 15.1 Å². The van der Waals surface area contributed by atoms with Crippen LogP contribution in [0.3, 0.4) is 0 Å². The lowest BCUT2D eigenvalue weighted by Gasteiger charge is -1.91. The van der Waals surface area contributed by atoms with Crippen LogP contribution in [-0.4, -0.2) is 22.9 Å². The lowest BCUT2D eigenvalue weighted by molar-refractivity contribution is 0.764. The molecule has 12 heavy (non-hydrogen) atoms. The Morgan fingerprint density at radius 3 is 3.17 bits per heavy atom. The molecular weight excluding hydrogens is 150 g/mol. The van der Waals surface area contributed by atoms with Crippen LogP contribution >= 0.6 is 0 Å². The molecule has 2 rings (SSSR count). The summed E-state index contributed by atoms with van der Waals surface area (Å²) in [4.78, 5) is 0. The predicted octanol–water partition coefficient (Wildman–Crippen LogP) is 0.797. The predicted molar refractivity (Wildman–Crippen MR) is 48.7 cm³/mol. The Morgan fingerprint density at radius 1 is 1.67 bits per heavy atom. The summed E-state index contributed by atoms with van der Waals surface area (Å²) in [5.41, 5.74) is 2.52. The SMILES string of the molecule is Cn1ccc(/C=C2/CCNC2)n1. The monoisotopic (exact) mass is 163 g/mol. The van der Waals surface area contributed by atoms with Crippen LogP contribution in [0.2, 0.25) is 0 Å². The molecule has 1 aliphatic heterocycles. The van der Waals surface area contributed by atoms with Crippen molar-refractivity contribution in [3.63, 3.8) is 0 Å². The van der Waals surface area contributed by atoms with E-state index in [0.717, 1.165) is 25.2 Å². The largest absolute Gasteiger partial charge is 0.313 e. The summed E-state index contributed by atoms with van der Waals surface area (Å²) in [5.74, 6) is 0. The molecule has 0 atom stereocenters. The maximum Gasteiger partial charge on any atom is 0.0850 e. The minimum Gasteiger partial charge on any atom is -0.313 e. The van der Waals surface area contributed by atoms with E-state index in [1.54, 1.807) is 0 Å². The van der Waals surface area contributed by atoms with Gasteiger partial charge < -0.3 is 5.32 Å². The molecule has 3 heteroatoms. The first kappa shape index (κ1) is 7.55. The molecule has 0 radical (unpaired) electrons. The summed E-state index contributed by atoms with van der Waals surface area (Å²) in [6.07, 6.45) is 5.30. The van der Waals surface area contributed by atoms with Gasteiger partial charge >= 0.3 is 0 Å². The van der Waals surface area contributed by atoms with Gasteiger partial charge in [0.25, 0.3) is 0 Å². The second-order valence-electron chi connectivity index (χ2n) is 3.14. The van der Waals surface area contributed by atoms with Crippen molar-refractivity contribution in [2.75, 3.05) is 13.1 Å². The van der Waals surface area contributed by atoms with Crippen molar-refractivity contribution in [2.24, 2.45) is 7.05 Å². The van der Waals surface area contributed by atoms with Gasteiger partial charge in [-0.25, -0.2) is 0 Å². The fraction of sp³-hybridized carbons (Fsp3) is 0.444. The molecule has 1 fully saturated rings. The Hall–Kier alpha value is -1.09. The number of hydrogen-bond acceptors (Lipinski definition) is 2. The summed E-state index contributed by atoms with van der Waals surface area (Å²) in [7, 11) is 1.94. The lowest BCUT2D eigenvalue weighted by Crippen LogP contribution is -2.04. The van der Waals surface area contributed by atoms with E-state index in [4.69, 9.17) is 0 Å². The molecule has 1 aliphatic rings. The average molecular weight is 163 g/mol. The highest BCUT2D eigenvalue weighted by Gasteiger charge is 2.05. The van der Waals surface area contributed by atoms with Crippen molar-refractivity contribution < 1.29 is 0 Å². The van der Waals surface area contributed by atoms with E-state index in [2.05, 4.69) is 16.5 Å².